The van der Waals surface area contributed by atoms with Crippen molar-refractivity contribution in [1.82, 2.24) is 4.31 Å². The van der Waals surface area contributed by atoms with Crippen molar-refractivity contribution in [1.29, 1.82) is 0 Å². The molecule has 0 heterocycles. The Balaban J connectivity index is 1.59. The molecule has 7 nitrogen and oxygen atoms in total. The summed E-state index contributed by atoms with van der Waals surface area (Å²) in [6.07, 6.45) is 2.25. The summed E-state index contributed by atoms with van der Waals surface area (Å²) in [5.41, 5.74) is -0.531. The van der Waals surface area contributed by atoms with Gasteiger partial charge in [-0.15, -0.1) is 0 Å². The van der Waals surface area contributed by atoms with E-state index in [4.69, 9.17) is 9.47 Å². The zero-order valence-corrected chi connectivity index (χ0v) is 21.2. The lowest BCUT2D eigenvalue weighted by Crippen LogP contribution is -2.56. The number of aliphatic hydroxyl groups excluding tert-OH is 1. The number of hydrogen-bond donors (Lipinski definition) is 1. The maximum Gasteiger partial charge on any atom is 0.327 e. The van der Waals surface area contributed by atoms with Gasteiger partial charge in [-0.2, -0.15) is 4.31 Å². The Morgan fingerprint density at radius 3 is 2.11 bits per heavy atom. The Morgan fingerprint density at radius 1 is 0.919 bits per heavy atom. The van der Waals surface area contributed by atoms with Crippen LogP contribution in [0.15, 0.2) is 83.8 Å². The van der Waals surface area contributed by atoms with E-state index in [1.54, 1.807) is 0 Å². The second-order valence-corrected chi connectivity index (χ2v) is 10.8. The Morgan fingerprint density at radius 2 is 1.51 bits per heavy atom. The molecule has 0 spiro atoms. The molecule has 1 N–H and O–H groups in total. The second-order valence-electron chi connectivity index (χ2n) is 8.98. The molecule has 0 radical (unpaired) electrons. The summed E-state index contributed by atoms with van der Waals surface area (Å²) in [5.74, 6) is -0.176. The van der Waals surface area contributed by atoms with E-state index in [2.05, 4.69) is 0 Å². The molecule has 0 aliphatic heterocycles. The van der Waals surface area contributed by atoms with Gasteiger partial charge in [-0.3, -0.25) is 0 Å². The molecule has 0 amide bonds. The predicted octanol–water partition coefficient (Wildman–Crippen LogP) is 5.05. The highest BCUT2D eigenvalue weighted by atomic mass is 32.2. The van der Waals surface area contributed by atoms with Crippen LogP contribution in [0.5, 0.6) is 11.5 Å². The van der Waals surface area contributed by atoms with Crippen molar-refractivity contribution >= 4 is 16.0 Å². The quantitative estimate of drug-likeness (QED) is 0.351. The number of carbonyl (C=O) groups is 1. The number of benzene rings is 3. The number of carbonyl (C=O) groups excluding carboxylic acids is 1. The molecular formula is C28H30FNO6S. The first-order valence-electron chi connectivity index (χ1n) is 12.2. The van der Waals surface area contributed by atoms with Gasteiger partial charge in [0.1, 0.15) is 29.5 Å². The third kappa shape index (κ3) is 6.18. The van der Waals surface area contributed by atoms with Crippen LogP contribution in [0.4, 0.5) is 4.39 Å². The lowest BCUT2D eigenvalue weighted by Gasteiger charge is -2.38. The van der Waals surface area contributed by atoms with Gasteiger partial charge in [0.25, 0.3) is 0 Å². The molecule has 0 unspecified atom stereocenters. The van der Waals surface area contributed by atoms with Gasteiger partial charge < -0.3 is 14.6 Å². The Hall–Kier alpha value is -3.27. The fourth-order valence-electron chi connectivity index (χ4n) is 4.60. The van der Waals surface area contributed by atoms with E-state index in [-0.39, 0.29) is 36.9 Å². The van der Waals surface area contributed by atoms with E-state index in [0.29, 0.717) is 37.2 Å². The Kier molecular flexibility index (Phi) is 8.58. The van der Waals surface area contributed by atoms with Crippen molar-refractivity contribution in [2.24, 2.45) is 0 Å². The van der Waals surface area contributed by atoms with Crippen LogP contribution in [-0.2, 0) is 26.2 Å². The first-order chi connectivity index (χ1) is 17.8. The van der Waals surface area contributed by atoms with E-state index in [1.807, 2.05) is 30.3 Å². The van der Waals surface area contributed by atoms with E-state index < -0.39 is 21.5 Å². The average molecular weight is 528 g/mol. The molecule has 196 valence electrons. The molecule has 1 saturated carbocycles. The van der Waals surface area contributed by atoms with Gasteiger partial charge in [0.15, 0.2) is 0 Å². The van der Waals surface area contributed by atoms with Crippen molar-refractivity contribution < 1.29 is 32.2 Å². The number of halogens is 1. The Bertz CT molecular complexity index is 1270. The van der Waals surface area contributed by atoms with E-state index in [1.165, 1.54) is 52.8 Å². The molecule has 1 fully saturated rings. The van der Waals surface area contributed by atoms with Crippen molar-refractivity contribution in [2.45, 2.75) is 49.1 Å². The SMILES string of the molecule is O=C(OCc1ccccc1)C1(N(CCCO)S(=O)(=O)c2ccc(Oc3ccc(F)cc3)cc2)CCCC1. The topological polar surface area (TPSA) is 93.1 Å². The summed E-state index contributed by atoms with van der Waals surface area (Å²) in [7, 11) is -4.12. The van der Waals surface area contributed by atoms with Crippen molar-refractivity contribution in [3.8, 4) is 11.5 Å². The molecule has 4 rings (SSSR count). The molecule has 3 aromatic rings. The number of aliphatic hydroxyl groups is 1. The van der Waals surface area contributed by atoms with Gasteiger partial charge in [-0.1, -0.05) is 43.2 Å². The maximum absolute atomic E-state index is 13.9. The average Bonchev–Trinajstić information content (AvgIpc) is 3.40. The van der Waals surface area contributed by atoms with Crippen molar-refractivity contribution in [3.05, 3.63) is 90.2 Å². The van der Waals surface area contributed by atoms with Gasteiger partial charge in [-0.05, 0) is 73.4 Å². The monoisotopic (exact) mass is 527 g/mol. The fraction of sp³-hybridized carbons (Fsp3) is 0.321. The number of hydrogen-bond acceptors (Lipinski definition) is 6. The summed E-state index contributed by atoms with van der Waals surface area (Å²) in [6.45, 7) is -0.191. The van der Waals surface area contributed by atoms with Crippen LogP contribution in [0, 0.1) is 5.82 Å². The smallest absolute Gasteiger partial charge is 0.327 e. The minimum Gasteiger partial charge on any atom is -0.459 e. The zero-order chi connectivity index (χ0) is 26.3. The molecule has 0 aromatic heterocycles. The molecule has 0 atom stereocenters. The highest BCUT2D eigenvalue weighted by Gasteiger charge is 2.52. The predicted molar refractivity (Wildman–Crippen MR) is 136 cm³/mol. The van der Waals surface area contributed by atoms with E-state index in [9.17, 15) is 22.7 Å². The highest BCUT2D eigenvalue weighted by molar-refractivity contribution is 7.89. The molecule has 1 aliphatic carbocycles. The maximum atomic E-state index is 13.9. The summed E-state index contributed by atoms with van der Waals surface area (Å²) in [5, 5.41) is 9.48. The normalized spacial score (nSPS) is 15.0. The van der Waals surface area contributed by atoms with Crippen LogP contribution >= 0.6 is 0 Å². The van der Waals surface area contributed by atoms with E-state index >= 15 is 0 Å². The molecule has 3 aromatic carbocycles. The van der Waals surface area contributed by atoms with E-state index in [0.717, 1.165) is 5.56 Å². The lowest BCUT2D eigenvalue weighted by atomic mass is 9.97. The first kappa shape index (κ1) is 26.8. The number of ether oxygens (including phenoxy) is 2. The standard InChI is InChI=1S/C28H30FNO6S/c29-23-9-11-24(12-10-23)36-25-13-15-26(16-14-25)37(33,34)30(19-6-20-31)28(17-4-5-18-28)27(32)35-21-22-7-2-1-3-8-22/h1-3,7-16,31H,4-6,17-21H2. The minimum atomic E-state index is -4.12. The van der Waals surface area contributed by atoms with Gasteiger partial charge in [0, 0.05) is 13.2 Å². The van der Waals surface area contributed by atoms with Crippen LogP contribution in [0.3, 0.4) is 0 Å². The van der Waals surface area contributed by atoms with Gasteiger partial charge in [-0.25, -0.2) is 17.6 Å². The first-order valence-corrected chi connectivity index (χ1v) is 13.7. The van der Waals surface area contributed by atoms with Crippen LogP contribution in [0.1, 0.15) is 37.7 Å². The number of rotatable bonds is 11. The highest BCUT2D eigenvalue weighted by Crippen LogP contribution is 2.40. The van der Waals surface area contributed by atoms with Gasteiger partial charge in [0.2, 0.25) is 10.0 Å². The van der Waals surface area contributed by atoms with Gasteiger partial charge in [0.05, 0.1) is 4.90 Å². The number of sulfonamides is 1. The molecular weight excluding hydrogens is 497 g/mol. The van der Waals surface area contributed by atoms with Crippen molar-refractivity contribution in [3.63, 3.8) is 0 Å². The molecule has 1 aliphatic rings. The van der Waals surface area contributed by atoms with Crippen LogP contribution < -0.4 is 4.74 Å². The molecule has 0 bridgehead atoms. The van der Waals surface area contributed by atoms with Gasteiger partial charge >= 0.3 is 5.97 Å². The molecule has 0 saturated heterocycles. The van der Waals surface area contributed by atoms with Crippen molar-refractivity contribution in [2.75, 3.05) is 13.2 Å². The number of esters is 1. The summed E-state index contributed by atoms with van der Waals surface area (Å²) >= 11 is 0. The van der Waals surface area contributed by atoms with Crippen LogP contribution in [0.25, 0.3) is 0 Å². The summed E-state index contributed by atoms with van der Waals surface area (Å²) in [4.78, 5) is 13.5. The lowest BCUT2D eigenvalue weighted by molar-refractivity contribution is -0.156. The largest absolute Gasteiger partial charge is 0.459 e. The van der Waals surface area contributed by atoms with Crippen LogP contribution in [-0.4, -0.2) is 42.5 Å². The molecule has 37 heavy (non-hydrogen) atoms. The van der Waals surface area contributed by atoms with Crippen LogP contribution in [0.2, 0.25) is 0 Å². The summed E-state index contributed by atoms with van der Waals surface area (Å²) < 4.78 is 53.4. The zero-order valence-electron chi connectivity index (χ0n) is 20.4. The number of nitrogens with zero attached hydrogens (tertiary/aromatic N) is 1. The minimum absolute atomic E-state index is 0.000898. The third-order valence-electron chi connectivity index (χ3n) is 6.48. The second kappa shape index (κ2) is 11.9. The summed E-state index contributed by atoms with van der Waals surface area (Å²) in [6, 6.07) is 20.6. The third-order valence-corrected chi connectivity index (χ3v) is 8.46. The molecule has 9 heteroatoms. The fourth-order valence-corrected chi connectivity index (χ4v) is 6.42. The Labute approximate surface area is 216 Å².